The Morgan fingerprint density at radius 3 is 2.83 bits per heavy atom. The molecule has 192 valence electrons. The van der Waals surface area contributed by atoms with E-state index in [0.29, 0.717) is 42.6 Å². The monoisotopic (exact) mass is 499 g/mol. The van der Waals surface area contributed by atoms with Gasteiger partial charge in [-0.3, -0.25) is 14.3 Å². The van der Waals surface area contributed by atoms with Crippen LogP contribution in [0.15, 0.2) is 24.5 Å². The third-order valence-electron chi connectivity index (χ3n) is 6.38. The number of piperazine rings is 1. The Balaban J connectivity index is 1.27. The van der Waals surface area contributed by atoms with Crippen molar-refractivity contribution in [3.63, 3.8) is 0 Å². The lowest BCUT2D eigenvalue weighted by atomic mass is 10.0. The predicted octanol–water partition coefficient (Wildman–Crippen LogP) is 1.96. The molecular formula is C23H30FN9O3. The highest BCUT2D eigenvalue weighted by Gasteiger charge is 2.39. The van der Waals surface area contributed by atoms with Crippen molar-refractivity contribution in [1.82, 2.24) is 40.1 Å². The van der Waals surface area contributed by atoms with Crippen LogP contribution in [0.4, 0.5) is 21.0 Å². The Hall–Kier alpha value is -3.74. The summed E-state index contributed by atoms with van der Waals surface area (Å²) in [5, 5.41) is 16.2. The number of carbonyl (C=O) groups is 2. The molecule has 36 heavy (non-hydrogen) atoms. The molecule has 4 N–H and O–H groups in total. The molecule has 5 rings (SSSR count). The van der Waals surface area contributed by atoms with E-state index in [2.05, 4.69) is 36.1 Å². The average Bonchev–Trinajstić information content (AvgIpc) is 3.58. The third kappa shape index (κ3) is 5.10. The summed E-state index contributed by atoms with van der Waals surface area (Å²) in [5.41, 5.74) is 1.67. The molecule has 0 bridgehead atoms. The number of nitrogens with zero attached hydrogens (tertiary/aromatic N) is 5. The lowest BCUT2D eigenvalue weighted by Gasteiger charge is -2.26. The number of fused-ring (bicyclic) bond motifs is 1. The zero-order chi connectivity index (χ0) is 25.2. The van der Waals surface area contributed by atoms with Crippen molar-refractivity contribution in [1.29, 1.82) is 0 Å². The topological polar surface area (TPSA) is 142 Å². The third-order valence-corrected chi connectivity index (χ3v) is 6.38. The van der Waals surface area contributed by atoms with Gasteiger partial charge in [0.2, 0.25) is 5.95 Å². The number of imidazole rings is 1. The number of amides is 2. The lowest BCUT2D eigenvalue weighted by molar-refractivity contribution is 0.0593. The summed E-state index contributed by atoms with van der Waals surface area (Å²) in [6.07, 6.45) is 1.19. The summed E-state index contributed by atoms with van der Waals surface area (Å²) in [6, 6.07) is 3.43. The number of aromatic amines is 1. The van der Waals surface area contributed by atoms with Crippen molar-refractivity contribution in [2.45, 2.75) is 50.9 Å². The number of carbonyl (C=O) groups excluding carboxylic acids is 2. The van der Waals surface area contributed by atoms with Crippen LogP contribution >= 0.6 is 0 Å². The average molecular weight is 500 g/mol. The molecule has 3 atom stereocenters. The van der Waals surface area contributed by atoms with Crippen LogP contribution in [0.1, 0.15) is 48.8 Å². The Labute approximate surface area is 207 Å². The summed E-state index contributed by atoms with van der Waals surface area (Å²) >= 11 is 0. The Bertz CT molecular complexity index is 1240. The molecule has 1 aliphatic carbocycles. The first-order chi connectivity index (χ1) is 17.4. The second kappa shape index (κ2) is 10.1. The molecule has 12 nitrogen and oxygen atoms in total. The molecule has 4 heterocycles. The number of alkyl halides is 1. The number of halogens is 1. The molecule has 3 aromatic heterocycles. The van der Waals surface area contributed by atoms with Crippen molar-refractivity contribution in [2.75, 3.05) is 31.5 Å². The SMILES string of the molecule is CC(C)NC(=O)O[C@H]1C[C@@H](c2cc(Nc3nccc4nc(C(=O)N5CCNCC5)cn34)n[nH]2)C[C@H]1F. The second-order valence-corrected chi connectivity index (χ2v) is 9.43. The van der Waals surface area contributed by atoms with Gasteiger partial charge in [0, 0.05) is 62.3 Å². The molecule has 2 fully saturated rings. The zero-order valence-corrected chi connectivity index (χ0v) is 20.2. The first-order valence-corrected chi connectivity index (χ1v) is 12.1. The second-order valence-electron chi connectivity index (χ2n) is 9.43. The van der Waals surface area contributed by atoms with Crippen LogP contribution < -0.4 is 16.0 Å². The number of H-pyrrole nitrogens is 1. The first-order valence-electron chi connectivity index (χ1n) is 12.1. The minimum Gasteiger partial charge on any atom is -0.443 e. The number of hydrogen-bond acceptors (Lipinski definition) is 8. The number of nitrogens with one attached hydrogen (secondary N) is 4. The molecule has 1 aliphatic heterocycles. The standard InChI is InChI=1S/C23H30FN9O3/c1-13(2)27-23(35)36-18-10-14(9-15(18)24)16-11-19(31-30-16)29-22-26-4-3-20-28-17(12-33(20)22)21(34)32-7-5-25-6-8-32/h3-4,11-15,18,25H,5-10H2,1-2H3,(H,27,35)(H2,26,29,30,31)/t14-,15+,18-/m0/s1. The molecular weight excluding hydrogens is 469 g/mol. The molecule has 3 aromatic rings. The molecule has 13 heteroatoms. The Kier molecular flexibility index (Phi) is 6.72. The molecule has 0 aromatic carbocycles. The van der Waals surface area contributed by atoms with E-state index < -0.39 is 18.4 Å². The van der Waals surface area contributed by atoms with Gasteiger partial charge in [0.1, 0.15) is 23.6 Å². The highest BCUT2D eigenvalue weighted by Crippen LogP contribution is 2.38. The smallest absolute Gasteiger partial charge is 0.407 e. The van der Waals surface area contributed by atoms with Gasteiger partial charge in [0.25, 0.3) is 5.91 Å². The highest BCUT2D eigenvalue weighted by atomic mass is 19.1. The van der Waals surface area contributed by atoms with Crippen molar-refractivity contribution >= 4 is 29.4 Å². The maximum atomic E-state index is 14.5. The fraction of sp³-hybridized carbons (Fsp3) is 0.522. The van der Waals surface area contributed by atoms with Gasteiger partial charge in [0.15, 0.2) is 5.82 Å². The molecule has 1 saturated carbocycles. The largest absolute Gasteiger partial charge is 0.443 e. The Morgan fingerprint density at radius 2 is 2.06 bits per heavy atom. The van der Waals surface area contributed by atoms with E-state index in [1.165, 1.54) is 0 Å². The van der Waals surface area contributed by atoms with E-state index in [9.17, 15) is 14.0 Å². The van der Waals surface area contributed by atoms with Crippen LogP contribution in [-0.4, -0.2) is 86.0 Å². The minimum absolute atomic E-state index is 0.0844. The van der Waals surface area contributed by atoms with E-state index in [0.717, 1.165) is 18.8 Å². The predicted molar refractivity (Wildman–Crippen MR) is 129 cm³/mol. The minimum atomic E-state index is -1.25. The molecule has 2 aliphatic rings. The number of rotatable bonds is 6. The zero-order valence-electron chi connectivity index (χ0n) is 20.2. The van der Waals surface area contributed by atoms with Gasteiger partial charge >= 0.3 is 6.09 Å². The number of aromatic nitrogens is 5. The van der Waals surface area contributed by atoms with E-state index in [-0.39, 0.29) is 24.3 Å². The highest BCUT2D eigenvalue weighted by molar-refractivity contribution is 5.93. The van der Waals surface area contributed by atoms with Gasteiger partial charge in [-0.2, -0.15) is 5.10 Å². The van der Waals surface area contributed by atoms with Gasteiger partial charge in [-0.15, -0.1) is 0 Å². The number of alkyl carbamates (subject to hydrolysis) is 1. The van der Waals surface area contributed by atoms with Gasteiger partial charge < -0.3 is 25.6 Å². The van der Waals surface area contributed by atoms with Crippen LogP contribution in [-0.2, 0) is 4.74 Å². The normalized spacial score (nSPS) is 22.2. The molecule has 1 saturated heterocycles. The van der Waals surface area contributed by atoms with E-state index in [1.54, 1.807) is 33.8 Å². The van der Waals surface area contributed by atoms with Gasteiger partial charge in [-0.25, -0.2) is 19.2 Å². The Morgan fingerprint density at radius 1 is 1.25 bits per heavy atom. The summed E-state index contributed by atoms with van der Waals surface area (Å²) < 4.78 is 21.5. The van der Waals surface area contributed by atoms with Crippen LogP contribution in [0.2, 0.25) is 0 Å². The van der Waals surface area contributed by atoms with Crippen molar-refractivity contribution in [3.8, 4) is 0 Å². The number of ether oxygens (including phenoxy) is 1. The molecule has 2 amide bonds. The van der Waals surface area contributed by atoms with Crippen LogP contribution in [0.3, 0.4) is 0 Å². The van der Waals surface area contributed by atoms with Crippen molar-refractivity contribution < 1.29 is 18.7 Å². The lowest BCUT2D eigenvalue weighted by Crippen LogP contribution is -2.46. The number of anilines is 2. The van der Waals surface area contributed by atoms with Crippen LogP contribution in [0.5, 0.6) is 0 Å². The maximum Gasteiger partial charge on any atom is 0.407 e. The number of hydrogen-bond donors (Lipinski definition) is 4. The fourth-order valence-electron chi connectivity index (χ4n) is 4.60. The summed E-state index contributed by atoms with van der Waals surface area (Å²) in [4.78, 5) is 35.4. The summed E-state index contributed by atoms with van der Waals surface area (Å²) in [6.45, 7) is 6.43. The van der Waals surface area contributed by atoms with Gasteiger partial charge in [-0.05, 0) is 32.8 Å². The first kappa shape index (κ1) is 24.0. The quantitative estimate of drug-likeness (QED) is 0.403. The molecule has 0 unspecified atom stereocenters. The van der Waals surface area contributed by atoms with E-state index >= 15 is 0 Å². The van der Waals surface area contributed by atoms with Crippen LogP contribution in [0, 0.1) is 0 Å². The van der Waals surface area contributed by atoms with Gasteiger partial charge in [-0.1, -0.05) is 0 Å². The van der Waals surface area contributed by atoms with Crippen molar-refractivity contribution in [3.05, 3.63) is 35.9 Å². The summed E-state index contributed by atoms with van der Waals surface area (Å²) in [5.74, 6) is 0.652. The molecule has 0 spiro atoms. The van der Waals surface area contributed by atoms with E-state index in [1.807, 2.05) is 13.8 Å². The maximum absolute atomic E-state index is 14.5. The van der Waals surface area contributed by atoms with Crippen LogP contribution in [0.25, 0.3) is 5.65 Å². The summed E-state index contributed by atoms with van der Waals surface area (Å²) in [7, 11) is 0. The van der Waals surface area contributed by atoms with Crippen molar-refractivity contribution in [2.24, 2.45) is 0 Å². The fourth-order valence-corrected chi connectivity index (χ4v) is 4.60. The molecule has 0 radical (unpaired) electrons. The van der Waals surface area contributed by atoms with Gasteiger partial charge in [0.05, 0.1) is 0 Å². The van der Waals surface area contributed by atoms with E-state index in [4.69, 9.17) is 4.74 Å².